The van der Waals surface area contributed by atoms with Crippen LogP contribution in [0.3, 0.4) is 0 Å². The fourth-order valence-electron chi connectivity index (χ4n) is 0.936. The summed E-state index contributed by atoms with van der Waals surface area (Å²) in [6.45, 7) is 6.27. The summed E-state index contributed by atoms with van der Waals surface area (Å²) in [6.07, 6.45) is 0.676. The molecule has 0 heterocycles. The molecule has 0 aromatic carbocycles. The molecule has 0 saturated carbocycles. The lowest BCUT2D eigenvalue weighted by atomic mass is 10.2. The molecule has 1 atom stereocenters. The van der Waals surface area contributed by atoms with E-state index in [1.165, 1.54) is 0 Å². The zero-order valence-electron chi connectivity index (χ0n) is 8.63. The van der Waals surface area contributed by atoms with Gasteiger partial charge in [0, 0.05) is 18.7 Å². The van der Waals surface area contributed by atoms with Gasteiger partial charge in [-0.2, -0.15) is 0 Å². The number of amides is 1. The van der Waals surface area contributed by atoms with Gasteiger partial charge in [-0.15, -0.1) is 0 Å². The van der Waals surface area contributed by atoms with Crippen molar-refractivity contribution >= 4 is 5.91 Å². The Morgan fingerprint density at radius 1 is 1.38 bits per heavy atom. The summed E-state index contributed by atoms with van der Waals surface area (Å²) in [5.41, 5.74) is 0. The summed E-state index contributed by atoms with van der Waals surface area (Å²) in [5, 5.41) is 14.4. The molecule has 0 aromatic heterocycles. The fraction of sp³-hybridized carbons (Fsp3) is 0.889. The van der Waals surface area contributed by atoms with E-state index in [0.29, 0.717) is 13.0 Å². The highest BCUT2D eigenvalue weighted by Gasteiger charge is 2.05. The summed E-state index contributed by atoms with van der Waals surface area (Å²) in [7, 11) is 0. The Labute approximate surface area is 79.7 Å². The van der Waals surface area contributed by atoms with Gasteiger partial charge >= 0.3 is 0 Å². The van der Waals surface area contributed by atoms with Crippen LogP contribution in [0.4, 0.5) is 0 Å². The Bertz CT molecular complexity index is 149. The van der Waals surface area contributed by atoms with Gasteiger partial charge in [0.05, 0.1) is 6.54 Å². The number of aliphatic hydroxyl groups excluding tert-OH is 1. The molecule has 0 bridgehead atoms. The smallest absolute Gasteiger partial charge is 0.234 e. The van der Waals surface area contributed by atoms with Crippen LogP contribution in [-0.2, 0) is 4.79 Å². The molecule has 0 saturated heterocycles. The van der Waals surface area contributed by atoms with E-state index >= 15 is 0 Å². The third kappa shape index (κ3) is 7.74. The van der Waals surface area contributed by atoms with Crippen molar-refractivity contribution in [3.8, 4) is 0 Å². The summed E-state index contributed by atoms with van der Waals surface area (Å²) in [4.78, 5) is 11.1. The van der Waals surface area contributed by atoms with Gasteiger partial charge in [0.1, 0.15) is 0 Å². The molecule has 0 radical (unpaired) electrons. The van der Waals surface area contributed by atoms with Crippen molar-refractivity contribution in [2.75, 3.05) is 13.2 Å². The van der Waals surface area contributed by atoms with Crippen LogP contribution in [0, 0.1) is 0 Å². The van der Waals surface area contributed by atoms with Crippen molar-refractivity contribution in [1.29, 1.82) is 0 Å². The monoisotopic (exact) mass is 188 g/mol. The molecule has 0 fully saturated rings. The first-order chi connectivity index (χ1) is 6.06. The standard InChI is InChI=1S/C9H20N2O2/c1-7(2)11-9(13)6-10-8(3)4-5-12/h7-8,10,12H,4-6H2,1-3H3,(H,11,13). The van der Waals surface area contributed by atoms with E-state index in [4.69, 9.17) is 5.11 Å². The Hall–Kier alpha value is -0.610. The molecular formula is C9H20N2O2. The van der Waals surface area contributed by atoms with Crippen LogP contribution >= 0.6 is 0 Å². The highest BCUT2D eigenvalue weighted by Crippen LogP contribution is 1.87. The van der Waals surface area contributed by atoms with Gasteiger partial charge in [0.15, 0.2) is 0 Å². The first kappa shape index (κ1) is 12.4. The van der Waals surface area contributed by atoms with Crippen molar-refractivity contribution < 1.29 is 9.90 Å². The molecule has 3 N–H and O–H groups in total. The molecule has 0 spiro atoms. The highest BCUT2D eigenvalue weighted by molar-refractivity contribution is 5.78. The van der Waals surface area contributed by atoms with Crippen LogP contribution in [0.2, 0.25) is 0 Å². The molecule has 78 valence electrons. The van der Waals surface area contributed by atoms with E-state index in [1.807, 2.05) is 20.8 Å². The zero-order valence-corrected chi connectivity index (χ0v) is 8.63. The van der Waals surface area contributed by atoms with Gasteiger partial charge in [0.2, 0.25) is 5.91 Å². The lowest BCUT2D eigenvalue weighted by Gasteiger charge is -2.13. The number of hydrogen-bond donors (Lipinski definition) is 3. The number of hydrogen-bond acceptors (Lipinski definition) is 3. The van der Waals surface area contributed by atoms with E-state index in [1.54, 1.807) is 0 Å². The van der Waals surface area contributed by atoms with Gasteiger partial charge < -0.3 is 15.7 Å². The maximum absolute atomic E-state index is 11.1. The Balaban J connectivity index is 3.46. The van der Waals surface area contributed by atoms with Gasteiger partial charge in [0.25, 0.3) is 0 Å². The number of carbonyl (C=O) groups is 1. The SMILES string of the molecule is CC(C)NC(=O)CNC(C)CCO. The normalized spacial score (nSPS) is 13.0. The molecule has 0 aliphatic heterocycles. The largest absolute Gasteiger partial charge is 0.396 e. The molecule has 0 aliphatic rings. The predicted octanol–water partition coefficient (Wildman–Crippen LogP) is -0.128. The second-order valence-electron chi connectivity index (χ2n) is 3.52. The van der Waals surface area contributed by atoms with Crippen molar-refractivity contribution in [2.24, 2.45) is 0 Å². The van der Waals surface area contributed by atoms with Crippen molar-refractivity contribution in [2.45, 2.75) is 39.3 Å². The molecule has 1 amide bonds. The van der Waals surface area contributed by atoms with Crippen LogP contribution in [0.1, 0.15) is 27.2 Å². The third-order valence-electron chi connectivity index (χ3n) is 1.62. The van der Waals surface area contributed by atoms with Crippen molar-refractivity contribution in [3.63, 3.8) is 0 Å². The van der Waals surface area contributed by atoms with E-state index in [9.17, 15) is 4.79 Å². The molecule has 13 heavy (non-hydrogen) atoms. The average molecular weight is 188 g/mol. The molecule has 1 unspecified atom stereocenters. The van der Waals surface area contributed by atoms with Gasteiger partial charge in [-0.05, 0) is 27.2 Å². The summed E-state index contributed by atoms with van der Waals surface area (Å²) in [5.74, 6) is -0.000195. The maximum atomic E-state index is 11.1. The highest BCUT2D eigenvalue weighted by atomic mass is 16.3. The van der Waals surface area contributed by atoms with E-state index < -0.39 is 0 Å². The minimum Gasteiger partial charge on any atom is -0.396 e. The van der Waals surface area contributed by atoms with E-state index in [0.717, 1.165) is 0 Å². The topological polar surface area (TPSA) is 61.4 Å². The Morgan fingerprint density at radius 2 is 2.00 bits per heavy atom. The van der Waals surface area contributed by atoms with Crippen LogP contribution in [0.25, 0.3) is 0 Å². The quantitative estimate of drug-likeness (QED) is 0.544. The maximum Gasteiger partial charge on any atom is 0.234 e. The summed E-state index contributed by atoms with van der Waals surface area (Å²) >= 11 is 0. The van der Waals surface area contributed by atoms with Crippen molar-refractivity contribution in [1.82, 2.24) is 10.6 Å². The molecule has 4 nitrogen and oxygen atoms in total. The Morgan fingerprint density at radius 3 is 2.46 bits per heavy atom. The first-order valence-electron chi connectivity index (χ1n) is 4.70. The minimum atomic E-state index is -0.000195. The molecule has 0 aliphatic carbocycles. The van der Waals surface area contributed by atoms with Gasteiger partial charge in [-0.25, -0.2) is 0 Å². The number of carbonyl (C=O) groups excluding carboxylic acids is 1. The molecule has 4 heteroatoms. The van der Waals surface area contributed by atoms with Crippen molar-refractivity contribution in [3.05, 3.63) is 0 Å². The number of aliphatic hydroxyl groups is 1. The fourth-order valence-corrected chi connectivity index (χ4v) is 0.936. The second kappa shape index (κ2) is 6.86. The van der Waals surface area contributed by atoms with Crippen LogP contribution in [0.5, 0.6) is 0 Å². The lowest BCUT2D eigenvalue weighted by Crippen LogP contribution is -2.40. The molecule has 0 aromatic rings. The van der Waals surface area contributed by atoms with Crippen LogP contribution in [0.15, 0.2) is 0 Å². The average Bonchev–Trinajstić information content (AvgIpc) is 2.00. The number of rotatable bonds is 6. The van der Waals surface area contributed by atoms with E-state index in [-0.39, 0.29) is 24.6 Å². The number of nitrogens with one attached hydrogen (secondary N) is 2. The van der Waals surface area contributed by atoms with Gasteiger partial charge in [-0.3, -0.25) is 4.79 Å². The zero-order chi connectivity index (χ0) is 10.3. The summed E-state index contributed by atoms with van der Waals surface area (Å²) < 4.78 is 0. The predicted molar refractivity (Wildman–Crippen MR) is 52.4 cm³/mol. The lowest BCUT2D eigenvalue weighted by molar-refractivity contribution is -0.120. The minimum absolute atomic E-state index is 0.000195. The first-order valence-corrected chi connectivity index (χ1v) is 4.70. The van der Waals surface area contributed by atoms with E-state index in [2.05, 4.69) is 10.6 Å². The summed E-state index contributed by atoms with van der Waals surface area (Å²) in [6, 6.07) is 0.366. The Kier molecular flexibility index (Phi) is 6.54. The third-order valence-corrected chi connectivity index (χ3v) is 1.62. The van der Waals surface area contributed by atoms with Crippen LogP contribution < -0.4 is 10.6 Å². The van der Waals surface area contributed by atoms with Crippen LogP contribution in [-0.4, -0.2) is 36.2 Å². The molecular weight excluding hydrogens is 168 g/mol. The van der Waals surface area contributed by atoms with Gasteiger partial charge in [-0.1, -0.05) is 0 Å². The second-order valence-corrected chi connectivity index (χ2v) is 3.52. The molecule has 0 rings (SSSR count).